The summed E-state index contributed by atoms with van der Waals surface area (Å²) in [6.07, 6.45) is 5.97. The molecule has 7 heteroatoms. The van der Waals surface area contributed by atoms with Gasteiger partial charge in [-0.05, 0) is 54.8 Å². The molecule has 158 valence electrons. The molecule has 0 N–H and O–H groups in total. The molecule has 1 aliphatic carbocycles. The molecule has 6 nitrogen and oxygen atoms in total. The highest BCUT2D eigenvalue weighted by Gasteiger charge is 2.39. The van der Waals surface area contributed by atoms with Gasteiger partial charge in [0, 0.05) is 19.1 Å². The lowest BCUT2D eigenvalue weighted by Crippen LogP contribution is -2.50. The number of ether oxygens (including phenoxy) is 2. The molecular formula is C23H26N2O4S. The molecule has 2 fully saturated rings. The molecule has 5 rings (SSSR count). The number of amides is 2. The molecule has 1 aromatic carbocycles. The minimum atomic E-state index is -0.366. The van der Waals surface area contributed by atoms with Gasteiger partial charge in [0.15, 0.2) is 11.5 Å². The van der Waals surface area contributed by atoms with Crippen LogP contribution in [0.5, 0.6) is 11.5 Å². The third-order valence-corrected chi connectivity index (χ3v) is 7.23. The summed E-state index contributed by atoms with van der Waals surface area (Å²) in [7, 11) is 0. The predicted molar refractivity (Wildman–Crippen MR) is 114 cm³/mol. The fraction of sp³-hybridized carbons (Fsp3) is 0.478. The molecule has 1 saturated heterocycles. The lowest BCUT2D eigenvalue weighted by atomic mass is 10.1. The average molecular weight is 427 g/mol. The first-order valence-electron chi connectivity index (χ1n) is 10.7. The van der Waals surface area contributed by atoms with Crippen LogP contribution in [0.25, 0.3) is 0 Å². The van der Waals surface area contributed by atoms with Crippen molar-refractivity contribution in [1.82, 2.24) is 9.80 Å². The highest BCUT2D eigenvalue weighted by atomic mass is 32.1. The third-order valence-electron chi connectivity index (χ3n) is 6.37. The number of benzene rings is 1. The van der Waals surface area contributed by atoms with Crippen LogP contribution in [0, 0.1) is 0 Å². The maximum absolute atomic E-state index is 13.7. The van der Waals surface area contributed by atoms with E-state index in [-0.39, 0.29) is 30.7 Å². The molecule has 1 atom stereocenters. The van der Waals surface area contributed by atoms with Gasteiger partial charge in [0.2, 0.25) is 12.7 Å². The van der Waals surface area contributed by atoms with Crippen molar-refractivity contribution < 1.29 is 19.1 Å². The van der Waals surface area contributed by atoms with Gasteiger partial charge >= 0.3 is 0 Å². The molecule has 2 amide bonds. The molecule has 0 spiro atoms. The first-order chi connectivity index (χ1) is 14.7. The van der Waals surface area contributed by atoms with Crippen molar-refractivity contribution in [2.24, 2.45) is 0 Å². The van der Waals surface area contributed by atoms with E-state index >= 15 is 0 Å². The zero-order chi connectivity index (χ0) is 20.5. The Morgan fingerprint density at radius 2 is 1.90 bits per heavy atom. The molecule has 0 radical (unpaired) electrons. The second kappa shape index (κ2) is 8.30. The minimum Gasteiger partial charge on any atom is -0.454 e. The highest BCUT2D eigenvalue weighted by molar-refractivity contribution is 7.12. The first-order valence-corrected chi connectivity index (χ1v) is 11.6. The fourth-order valence-electron chi connectivity index (χ4n) is 4.84. The Morgan fingerprint density at radius 1 is 1.07 bits per heavy atom. The van der Waals surface area contributed by atoms with Crippen LogP contribution < -0.4 is 9.47 Å². The molecule has 0 bridgehead atoms. The summed E-state index contributed by atoms with van der Waals surface area (Å²) in [6.45, 7) is 1.43. The van der Waals surface area contributed by atoms with E-state index in [9.17, 15) is 9.59 Å². The van der Waals surface area contributed by atoms with Crippen molar-refractivity contribution >= 4 is 23.2 Å². The van der Waals surface area contributed by atoms with Crippen LogP contribution in [-0.2, 0) is 11.3 Å². The van der Waals surface area contributed by atoms with Gasteiger partial charge in [0.25, 0.3) is 5.91 Å². The van der Waals surface area contributed by atoms with E-state index in [1.807, 2.05) is 40.6 Å². The molecule has 1 aromatic heterocycles. The van der Waals surface area contributed by atoms with Crippen molar-refractivity contribution in [2.45, 2.75) is 57.2 Å². The number of carbonyl (C=O) groups excluding carboxylic acids is 2. The van der Waals surface area contributed by atoms with Crippen molar-refractivity contribution in [2.75, 3.05) is 13.3 Å². The Bertz CT molecular complexity index is 923. The predicted octanol–water partition coefficient (Wildman–Crippen LogP) is 4.05. The van der Waals surface area contributed by atoms with E-state index in [0.717, 1.165) is 55.6 Å². The van der Waals surface area contributed by atoms with Crippen molar-refractivity contribution in [3.63, 3.8) is 0 Å². The quantitative estimate of drug-likeness (QED) is 0.724. The van der Waals surface area contributed by atoms with Gasteiger partial charge in [0.1, 0.15) is 6.04 Å². The number of hydrogen-bond donors (Lipinski definition) is 0. The summed E-state index contributed by atoms with van der Waals surface area (Å²) in [6, 6.07) is 9.49. The van der Waals surface area contributed by atoms with Crippen molar-refractivity contribution in [1.29, 1.82) is 0 Å². The molecule has 2 aliphatic heterocycles. The highest BCUT2D eigenvalue weighted by Crippen LogP contribution is 2.34. The Hall–Kier alpha value is -2.54. The molecule has 2 aromatic rings. The smallest absolute Gasteiger partial charge is 0.264 e. The second-order valence-corrected chi connectivity index (χ2v) is 9.17. The van der Waals surface area contributed by atoms with Gasteiger partial charge in [-0.1, -0.05) is 25.0 Å². The topological polar surface area (TPSA) is 59.1 Å². The number of hydrogen-bond acceptors (Lipinski definition) is 5. The van der Waals surface area contributed by atoms with Crippen molar-refractivity contribution in [3.05, 3.63) is 46.2 Å². The average Bonchev–Trinajstić information content (AvgIpc) is 3.58. The van der Waals surface area contributed by atoms with Gasteiger partial charge in [0.05, 0.1) is 4.88 Å². The molecule has 3 heterocycles. The van der Waals surface area contributed by atoms with E-state index in [2.05, 4.69) is 0 Å². The second-order valence-electron chi connectivity index (χ2n) is 8.23. The SMILES string of the molecule is O=C(C1CCCN1C(=O)c1cccs1)N(Cc1ccc2c(c1)OCO2)C1CCCC1. The van der Waals surface area contributed by atoms with Crippen molar-refractivity contribution in [3.8, 4) is 11.5 Å². The van der Waals surface area contributed by atoms with E-state index in [4.69, 9.17) is 9.47 Å². The van der Waals surface area contributed by atoms with E-state index in [1.165, 1.54) is 11.3 Å². The monoisotopic (exact) mass is 426 g/mol. The van der Waals surface area contributed by atoms with Crippen LogP contribution in [-0.4, -0.2) is 47.0 Å². The van der Waals surface area contributed by atoms with Crippen LogP contribution in [0.2, 0.25) is 0 Å². The Balaban J connectivity index is 1.38. The van der Waals surface area contributed by atoms with Crippen LogP contribution in [0.15, 0.2) is 35.7 Å². The number of likely N-dealkylation sites (tertiary alicyclic amines) is 1. The van der Waals surface area contributed by atoms with Gasteiger partial charge in [-0.3, -0.25) is 9.59 Å². The number of nitrogens with zero attached hydrogens (tertiary/aromatic N) is 2. The summed E-state index contributed by atoms with van der Waals surface area (Å²) in [4.78, 5) is 31.2. The van der Waals surface area contributed by atoms with Gasteiger partial charge in [-0.25, -0.2) is 0 Å². The van der Waals surface area contributed by atoms with Crippen LogP contribution in [0.3, 0.4) is 0 Å². The molecule has 1 unspecified atom stereocenters. The zero-order valence-electron chi connectivity index (χ0n) is 16.9. The minimum absolute atomic E-state index is 0.0182. The molecule has 1 saturated carbocycles. The summed E-state index contributed by atoms with van der Waals surface area (Å²) in [5.74, 6) is 1.56. The first kappa shape index (κ1) is 19.4. The molecular weight excluding hydrogens is 400 g/mol. The van der Waals surface area contributed by atoms with Gasteiger partial charge in [-0.2, -0.15) is 0 Å². The summed E-state index contributed by atoms with van der Waals surface area (Å²) in [5, 5.41) is 1.91. The largest absolute Gasteiger partial charge is 0.454 e. The number of fused-ring (bicyclic) bond motifs is 1. The fourth-order valence-corrected chi connectivity index (χ4v) is 5.52. The van der Waals surface area contributed by atoms with E-state index in [0.29, 0.717) is 18.0 Å². The summed E-state index contributed by atoms with van der Waals surface area (Å²) < 4.78 is 10.9. The maximum atomic E-state index is 13.7. The normalized spacial score (nSPS) is 20.7. The van der Waals surface area contributed by atoms with Crippen LogP contribution in [0.1, 0.15) is 53.8 Å². The Kier molecular flexibility index (Phi) is 5.37. The Labute approximate surface area is 180 Å². The maximum Gasteiger partial charge on any atom is 0.264 e. The molecule has 3 aliphatic rings. The van der Waals surface area contributed by atoms with Crippen LogP contribution in [0.4, 0.5) is 0 Å². The summed E-state index contributed by atoms with van der Waals surface area (Å²) in [5.41, 5.74) is 1.04. The lowest BCUT2D eigenvalue weighted by molar-refractivity contribution is -0.138. The molecule has 30 heavy (non-hydrogen) atoms. The summed E-state index contributed by atoms with van der Waals surface area (Å²) >= 11 is 1.44. The number of thiophene rings is 1. The zero-order valence-corrected chi connectivity index (χ0v) is 17.7. The van der Waals surface area contributed by atoms with Gasteiger partial charge < -0.3 is 19.3 Å². The van der Waals surface area contributed by atoms with E-state index < -0.39 is 0 Å². The lowest BCUT2D eigenvalue weighted by Gasteiger charge is -2.34. The van der Waals surface area contributed by atoms with Gasteiger partial charge in [-0.15, -0.1) is 11.3 Å². The van der Waals surface area contributed by atoms with Crippen LogP contribution >= 0.6 is 11.3 Å². The number of rotatable bonds is 5. The standard InChI is InChI=1S/C23H26N2O4S/c26-22(18-7-3-11-24(18)23(27)21-8-4-12-30-21)25(17-5-1-2-6-17)14-16-9-10-19-20(13-16)29-15-28-19/h4,8-10,12-13,17-18H,1-3,5-7,11,14-15H2. The van der Waals surface area contributed by atoms with E-state index in [1.54, 1.807) is 4.90 Å². The number of carbonyl (C=O) groups is 2. The third kappa shape index (κ3) is 3.67. The Morgan fingerprint density at radius 3 is 2.70 bits per heavy atom.